The second-order valence-electron chi connectivity index (χ2n) is 1.82. The first-order chi connectivity index (χ1) is 3.75. The average molecular weight is 118 g/mol. The molecule has 4 nitrogen and oxygen atoms in total. The van der Waals surface area contributed by atoms with Gasteiger partial charge in [0.15, 0.2) is 0 Å². The number of hydrogen-bond donors (Lipinski definition) is 2. The van der Waals surface area contributed by atoms with Gasteiger partial charge in [0.05, 0.1) is 5.92 Å². The summed E-state index contributed by atoms with van der Waals surface area (Å²) in [5.41, 5.74) is 0. The Bertz CT molecular complexity index is 111. The van der Waals surface area contributed by atoms with E-state index in [1.807, 2.05) is 0 Å². The van der Waals surface area contributed by atoms with Gasteiger partial charge in [-0.15, -0.1) is 0 Å². The zero-order chi connectivity index (χ0) is 6.15. The number of hydrogen-bond acceptors (Lipinski definition) is 3. The normalized spacial score (nSPS) is 34.6. The SMILES string of the molecule is O=C(O)C1CC1OO. The quantitative estimate of drug-likeness (QED) is 0.394. The van der Waals surface area contributed by atoms with Gasteiger partial charge in [-0.1, -0.05) is 0 Å². The molecule has 2 atom stereocenters. The van der Waals surface area contributed by atoms with E-state index in [-0.39, 0.29) is 0 Å². The van der Waals surface area contributed by atoms with Crippen LogP contribution in [0.2, 0.25) is 0 Å². The smallest absolute Gasteiger partial charge is 0.309 e. The summed E-state index contributed by atoms with van der Waals surface area (Å²) in [4.78, 5) is 13.7. The number of carboxylic acids is 1. The first kappa shape index (κ1) is 5.53. The molecule has 4 heteroatoms. The van der Waals surface area contributed by atoms with Crippen LogP contribution in [0.15, 0.2) is 0 Å². The van der Waals surface area contributed by atoms with E-state index in [2.05, 4.69) is 4.89 Å². The lowest BCUT2D eigenvalue weighted by Crippen LogP contribution is -2.02. The van der Waals surface area contributed by atoms with Gasteiger partial charge >= 0.3 is 5.97 Å². The highest BCUT2D eigenvalue weighted by molar-refractivity contribution is 5.73. The van der Waals surface area contributed by atoms with Crippen LogP contribution in [0.25, 0.3) is 0 Å². The van der Waals surface area contributed by atoms with Gasteiger partial charge in [-0.25, -0.2) is 4.89 Å². The summed E-state index contributed by atoms with van der Waals surface area (Å²) in [6, 6.07) is 0. The summed E-state index contributed by atoms with van der Waals surface area (Å²) in [5.74, 6) is -1.37. The van der Waals surface area contributed by atoms with E-state index >= 15 is 0 Å². The molecule has 46 valence electrons. The van der Waals surface area contributed by atoms with Crippen LogP contribution in [0, 0.1) is 5.92 Å². The van der Waals surface area contributed by atoms with Gasteiger partial charge in [0, 0.05) is 0 Å². The highest BCUT2D eigenvalue weighted by atomic mass is 17.1. The van der Waals surface area contributed by atoms with E-state index in [0.717, 1.165) is 0 Å². The van der Waals surface area contributed by atoms with Crippen molar-refractivity contribution in [3.05, 3.63) is 0 Å². The minimum absolute atomic E-state index is 0.436. The number of rotatable bonds is 2. The molecule has 1 aliphatic carbocycles. The molecule has 8 heavy (non-hydrogen) atoms. The van der Waals surface area contributed by atoms with Crippen LogP contribution >= 0.6 is 0 Å². The molecule has 0 heterocycles. The predicted octanol–water partition coefficient (Wildman–Crippen LogP) is -0.0509. The molecular formula is C4H6O4. The Morgan fingerprint density at radius 1 is 1.75 bits per heavy atom. The first-order valence-electron chi connectivity index (χ1n) is 2.28. The van der Waals surface area contributed by atoms with E-state index in [1.54, 1.807) is 0 Å². The van der Waals surface area contributed by atoms with Gasteiger partial charge in [-0.3, -0.25) is 10.1 Å². The van der Waals surface area contributed by atoms with Crippen molar-refractivity contribution in [2.24, 2.45) is 5.92 Å². The van der Waals surface area contributed by atoms with Crippen LogP contribution in [0.5, 0.6) is 0 Å². The Balaban J connectivity index is 2.26. The molecule has 1 saturated carbocycles. The third-order valence-corrected chi connectivity index (χ3v) is 1.18. The molecule has 0 bridgehead atoms. The van der Waals surface area contributed by atoms with E-state index in [0.29, 0.717) is 6.42 Å². The highest BCUT2D eigenvalue weighted by Crippen LogP contribution is 2.32. The fraction of sp³-hybridized carbons (Fsp3) is 0.750. The van der Waals surface area contributed by atoms with E-state index < -0.39 is 18.0 Å². The summed E-state index contributed by atoms with van der Waals surface area (Å²) < 4.78 is 0. The topological polar surface area (TPSA) is 66.8 Å². The van der Waals surface area contributed by atoms with Crippen LogP contribution in [0.1, 0.15) is 6.42 Å². The standard InChI is InChI=1S/C4H6O4/c5-4(6)2-1-3(2)8-7/h2-3,7H,1H2,(H,5,6). The second kappa shape index (κ2) is 1.72. The Hall–Kier alpha value is -0.610. The van der Waals surface area contributed by atoms with Gasteiger partial charge in [0.2, 0.25) is 0 Å². The van der Waals surface area contributed by atoms with Crippen molar-refractivity contribution in [3.8, 4) is 0 Å². The molecule has 1 aliphatic rings. The molecule has 0 aromatic rings. The zero-order valence-corrected chi connectivity index (χ0v) is 4.07. The third kappa shape index (κ3) is 0.801. The summed E-state index contributed by atoms with van der Waals surface area (Å²) in [6.07, 6.45) is -0.0150. The molecular weight excluding hydrogens is 112 g/mol. The molecule has 0 spiro atoms. The number of carbonyl (C=O) groups is 1. The molecule has 1 rings (SSSR count). The van der Waals surface area contributed by atoms with Crippen LogP contribution in [0.4, 0.5) is 0 Å². The third-order valence-electron chi connectivity index (χ3n) is 1.18. The van der Waals surface area contributed by atoms with Crippen LogP contribution in [-0.4, -0.2) is 22.4 Å². The molecule has 1 fully saturated rings. The number of aliphatic carboxylic acids is 1. The van der Waals surface area contributed by atoms with Gasteiger partial charge in [-0.05, 0) is 6.42 Å². The van der Waals surface area contributed by atoms with Crippen LogP contribution < -0.4 is 0 Å². The lowest BCUT2D eigenvalue weighted by molar-refractivity contribution is -0.256. The Kier molecular flexibility index (Phi) is 1.19. The summed E-state index contributed by atoms with van der Waals surface area (Å²) in [5, 5.41) is 16.0. The first-order valence-corrected chi connectivity index (χ1v) is 2.28. The molecule has 2 unspecified atom stereocenters. The Morgan fingerprint density at radius 2 is 2.38 bits per heavy atom. The van der Waals surface area contributed by atoms with Crippen molar-refractivity contribution in [1.29, 1.82) is 0 Å². The van der Waals surface area contributed by atoms with Gasteiger partial charge in [-0.2, -0.15) is 0 Å². The highest BCUT2D eigenvalue weighted by Gasteiger charge is 2.45. The van der Waals surface area contributed by atoms with Crippen molar-refractivity contribution in [2.45, 2.75) is 12.5 Å². The minimum atomic E-state index is -0.899. The monoisotopic (exact) mass is 118 g/mol. The Morgan fingerprint density at radius 3 is 2.50 bits per heavy atom. The second-order valence-corrected chi connectivity index (χ2v) is 1.82. The fourth-order valence-corrected chi connectivity index (χ4v) is 0.548. The molecule has 0 amide bonds. The van der Waals surface area contributed by atoms with Crippen molar-refractivity contribution >= 4 is 5.97 Å². The lowest BCUT2D eigenvalue weighted by atomic mass is 10.4. The fourth-order valence-electron chi connectivity index (χ4n) is 0.548. The minimum Gasteiger partial charge on any atom is -0.481 e. The zero-order valence-electron chi connectivity index (χ0n) is 4.07. The molecule has 0 aromatic carbocycles. The number of carboxylic acid groups (broad SMARTS) is 1. The van der Waals surface area contributed by atoms with E-state index in [9.17, 15) is 4.79 Å². The molecule has 0 radical (unpaired) electrons. The van der Waals surface area contributed by atoms with Crippen molar-refractivity contribution in [2.75, 3.05) is 0 Å². The Labute approximate surface area is 45.6 Å². The molecule has 0 aliphatic heterocycles. The average Bonchev–Trinajstić information content (AvgIpc) is 2.42. The lowest BCUT2D eigenvalue weighted by Gasteiger charge is -1.85. The van der Waals surface area contributed by atoms with Crippen molar-refractivity contribution in [3.63, 3.8) is 0 Å². The summed E-state index contributed by atoms with van der Waals surface area (Å²) >= 11 is 0. The largest absolute Gasteiger partial charge is 0.481 e. The summed E-state index contributed by atoms with van der Waals surface area (Å²) in [7, 11) is 0. The maximum absolute atomic E-state index is 9.94. The predicted molar refractivity (Wildman–Crippen MR) is 23.2 cm³/mol. The van der Waals surface area contributed by atoms with Crippen LogP contribution in [-0.2, 0) is 9.68 Å². The van der Waals surface area contributed by atoms with E-state index in [1.165, 1.54) is 0 Å². The summed E-state index contributed by atoms with van der Waals surface area (Å²) in [6.45, 7) is 0. The van der Waals surface area contributed by atoms with Gasteiger partial charge in [0.1, 0.15) is 6.10 Å². The van der Waals surface area contributed by atoms with E-state index in [4.69, 9.17) is 10.4 Å². The maximum atomic E-state index is 9.94. The molecule has 2 N–H and O–H groups in total. The van der Waals surface area contributed by atoms with Crippen molar-refractivity contribution in [1.82, 2.24) is 0 Å². The maximum Gasteiger partial charge on any atom is 0.309 e. The molecule has 0 saturated heterocycles. The van der Waals surface area contributed by atoms with Crippen molar-refractivity contribution < 1.29 is 20.0 Å². The van der Waals surface area contributed by atoms with Gasteiger partial charge in [0.25, 0.3) is 0 Å². The molecule has 0 aromatic heterocycles. The van der Waals surface area contributed by atoms with Crippen LogP contribution in [0.3, 0.4) is 0 Å². The van der Waals surface area contributed by atoms with Gasteiger partial charge < -0.3 is 5.11 Å².